The van der Waals surface area contributed by atoms with Crippen molar-refractivity contribution in [1.82, 2.24) is 29.5 Å². The van der Waals surface area contributed by atoms with Crippen LogP contribution in [0.3, 0.4) is 0 Å². The molecule has 0 unspecified atom stereocenters. The van der Waals surface area contributed by atoms with Crippen LogP contribution in [0.5, 0.6) is 0 Å². The lowest BCUT2D eigenvalue weighted by atomic mass is 10.1. The number of hydrogen-bond donors (Lipinski definition) is 1. The number of amides is 1. The molecule has 3 aromatic heterocycles. The number of carbonyl (C=O) groups excluding carboxylic acids is 1. The third kappa shape index (κ3) is 5.36. The van der Waals surface area contributed by atoms with Gasteiger partial charge in [0.05, 0.1) is 18.3 Å². The zero-order chi connectivity index (χ0) is 28.7. The van der Waals surface area contributed by atoms with Crippen molar-refractivity contribution in [2.24, 2.45) is 0 Å². The molecule has 5 heterocycles. The molecular weight excluding hydrogens is 550 g/mol. The predicted molar refractivity (Wildman–Crippen MR) is 155 cm³/mol. The second-order valence-corrected chi connectivity index (χ2v) is 11.1. The monoisotopic (exact) mass is 582 g/mol. The van der Waals surface area contributed by atoms with Gasteiger partial charge >= 0.3 is 0 Å². The Bertz CT molecular complexity index is 1540. The van der Waals surface area contributed by atoms with E-state index in [0.717, 1.165) is 11.3 Å². The van der Waals surface area contributed by atoms with Gasteiger partial charge in [-0.2, -0.15) is 5.10 Å². The number of β-amino-alcohol motifs (C(OH)–C–C–N with tert-alkyl or cyclic N) is 1. The summed E-state index contributed by atoms with van der Waals surface area (Å²) in [5.41, 5.74) is 2.22. The van der Waals surface area contributed by atoms with Crippen LogP contribution in [0, 0.1) is 11.6 Å². The molecule has 2 aliphatic heterocycles. The lowest BCUT2D eigenvalue weighted by Crippen LogP contribution is -2.57. The normalized spacial score (nSPS) is 16.4. The van der Waals surface area contributed by atoms with Crippen LogP contribution in [0.2, 0.25) is 0 Å². The van der Waals surface area contributed by atoms with Gasteiger partial charge < -0.3 is 19.8 Å². The number of anilines is 3. The van der Waals surface area contributed by atoms with Crippen LogP contribution in [-0.4, -0.2) is 99.0 Å². The van der Waals surface area contributed by atoms with Crippen molar-refractivity contribution < 1.29 is 18.7 Å². The second kappa shape index (κ2) is 11.3. The van der Waals surface area contributed by atoms with Gasteiger partial charge in [0, 0.05) is 69.4 Å². The highest BCUT2D eigenvalue weighted by Crippen LogP contribution is 2.37. The number of aryl methyl sites for hydroxylation is 1. The van der Waals surface area contributed by atoms with E-state index in [1.54, 1.807) is 21.7 Å². The molecule has 2 aliphatic rings. The Labute approximate surface area is 240 Å². The smallest absolute Gasteiger partial charge is 0.236 e. The standard InChI is InChI=1S/C28H32F2N8O2S/c1-3-37(28-31-22(17-41-28)18-5-7-19(29)8-6-18)27-26-25(33-38(27)4-2)21(30)13-23(32-26)35-11-9-34(10-12-35)16-24(40)36-14-20(39)15-36/h5-8,13,17,20,39H,3-4,9-12,14-16H2,1-2H3. The fourth-order valence-corrected chi connectivity index (χ4v) is 6.19. The van der Waals surface area contributed by atoms with Crippen LogP contribution in [-0.2, 0) is 11.3 Å². The number of aliphatic hydroxyl groups excluding tert-OH is 1. The highest BCUT2D eigenvalue weighted by atomic mass is 32.1. The van der Waals surface area contributed by atoms with Gasteiger partial charge in [0.2, 0.25) is 5.91 Å². The van der Waals surface area contributed by atoms with E-state index in [9.17, 15) is 14.3 Å². The summed E-state index contributed by atoms with van der Waals surface area (Å²) in [6.45, 7) is 8.67. The summed E-state index contributed by atoms with van der Waals surface area (Å²) in [7, 11) is 0. The number of piperazine rings is 1. The quantitative estimate of drug-likeness (QED) is 0.338. The van der Waals surface area contributed by atoms with Gasteiger partial charge in [0.15, 0.2) is 16.8 Å². The number of rotatable bonds is 8. The average molecular weight is 583 g/mol. The van der Waals surface area contributed by atoms with E-state index in [2.05, 4.69) is 10.00 Å². The Morgan fingerprint density at radius 3 is 2.46 bits per heavy atom. The van der Waals surface area contributed by atoms with Gasteiger partial charge in [0.25, 0.3) is 0 Å². The Kier molecular flexibility index (Phi) is 7.58. The fraction of sp³-hybridized carbons (Fsp3) is 0.429. The number of benzene rings is 1. The number of nitrogens with zero attached hydrogens (tertiary/aromatic N) is 8. The highest BCUT2D eigenvalue weighted by Gasteiger charge is 2.31. The molecule has 0 radical (unpaired) electrons. The maximum Gasteiger partial charge on any atom is 0.236 e. The van der Waals surface area contributed by atoms with Gasteiger partial charge in [0.1, 0.15) is 22.7 Å². The van der Waals surface area contributed by atoms with Crippen LogP contribution < -0.4 is 9.80 Å². The molecule has 216 valence electrons. The SMILES string of the molecule is CCN(c1nc(-c2ccc(F)cc2)cs1)c1c2nc(N3CCN(CC(=O)N4CC(O)C4)CC3)cc(F)c2nn1CC. The molecule has 0 atom stereocenters. The Morgan fingerprint density at radius 1 is 1.07 bits per heavy atom. The van der Waals surface area contributed by atoms with E-state index in [1.165, 1.54) is 29.5 Å². The summed E-state index contributed by atoms with van der Waals surface area (Å²) in [5.74, 6) is 0.492. The summed E-state index contributed by atoms with van der Waals surface area (Å²) in [6, 6.07) is 7.66. The molecular formula is C28H32F2N8O2S. The number of halogens is 2. The van der Waals surface area contributed by atoms with Crippen molar-refractivity contribution in [3.63, 3.8) is 0 Å². The second-order valence-electron chi connectivity index (χ2n) is 10.3. The van der Waals surface area contributed by atoms with Crippen LogP contribution >= 0.6 is 11.3 Å². The first-order valence-electron chi connectivity index (χ1n) is 13.8. The third-order valence-corrected chi connectivity index (χ3v) is 8.48. The molecule has 0 bridgehead atoms. The lowest BCUT2D eigenvalue weighted by Gasteiger charge is -2.39. The number of carbonyl (C=O) groups is 1. The van der Waals surface area contributed by atoms with Gasteiger partial charge in [-0.1, -0.05) is 0 Å². The minimum atomic E-state index is -0.436. The number of pyridine rings is 1. The largest absolute Gasteiger partial charge is 0.389 e. The van der Waals surface area contributed by atoms with E-state index in [0.29, 0.717) is 81.2 Å². The summed E-state index contributed by atoms with van der Waals surface area (Å²) in [6.07, 6.45) is -0.412. The van der Waals surface area contributed by atoms with Crippen molar-refractivity contribution in [3.8, 4) is 11.3 Å². The molecule has 0 spiro atoms. The van der Waals surface area contributed by atoms with Crippen LogP contribution in [0.1, 0.15) is 13.8 Å². The summed E-state index contributed by atoms with van der Waals surface area (Å²) >= 11 is 1.45. The zero-order valence-corrected chi connectivity index (χ0v) is 23.8. The van der Waals surface area contributed by atoms with Crippen LogP contribution in [0.15, 0.2) is 35.7 Å². The fourth-order valence-electron chi connectivity index (χ4n) is 5.29. The van der Waals surface area contributed by atoms with Gasteiger partial charge in [-0.15, -0.1) is 11.3 Å². The Balaban J connectivity index is 1.25. The first-order valence-corrected chi connectivity index (χ1v) is 14.7. The third-order valence-electron chi connectivity index (χ3n) is 7.61. The molecule has 1 aromatic carbocycles. The number of hydrogen-bond acceptors (Lipinski definition) is 9. The molecule has 2 saturated heterocycles. The predicted octanol–water partition coefficient (Wildman–Crippen LogP) is 3.34. The van der Waals surface area contributed by atoms with Gasteiger partial charge in [-0.3, -0.25) is 9.69 Å². The van der Waals surface area contributed by atoms with Crippen LogP contribution in [0.4, 0.5) is 25.5 Å². The minimum absolute atomic E-state index is 0.0235. The lowest BCUT2D eigenvalue weighted by molar-refractivity contribution is -0.142. The molecule has 1 amide bonds. The summed E-state index contributed by atoms with van der Waals surface area (Å²) in [5, 5.41) is 16.7. The van der Waals surface area contributed by atoms with Crippen molar-refractivity contribution in [1.29, 1.82) is 0 Å². The first kappa shape index (κ1) is 27.5. The van der Waals surface area contributed by atoms with E-state index >= 15 is 4.39 Å². The Morgan fingerprint density at radius 2 is 1.80 bits per heavy atom. The number of aromatic nitrogens is 4. The van der Waals surface area contributed by atoms with Gasteiger partial charge in [-0.25, -0.2) is 23.4 Å². The highest BCUT2D eigenvalue weighted by molar-refractivity contribution is 7.14. The summed E-state index contributed by atoms with van der Waals surface area (Å²) < 4.78 is 30.7. The van der Waals surface area contributed by atoms with Crippen LogP contribution in [0.25, 0.3) is 22.3 Å². The molecule has 0 aliphatic carbocycles. The number of fused-ring (bicyclic) bond motifs is 1. The molecule has 10 nitrogen and oxygen atoms in total. The summed E-state index contributed by atoms with van der Waals surface area (Å²) in [4.78, 5) is 29.9. The van der Waals surface area contributed by atoms with E-state index in [1.807, 2.05) is 29.0 Å². The van der Waals surface area contributed by atoms with E-state index in [-0.39, 0.29) is 17.2 Å². The molecule has 0 saturated carbocycles. The molecule has 13 heteroatoms. The first-order chi connectivity index (χ1) is 19.8. The topological polar surface area (TPSA) is 93.9 Å². The van der Waals surface area contributed by atoms with Crippen molar-refractivity contribution in [2.75, 3.05) is 62.2 Å². The van der Waals surface area contributed by atoms with Gasteiger partial charge in [-0.05, 0) is 38.1 Å². The molecule has 6 rings (SSSR count). The minimum Gasteiger partial charge on any atom is -0.389 e. The van der Waals surface area contributed by atoms with E-state index in [4.69, 9.17) is 9.97 Å². The van der Waals surface area contributed by atoms with Crippen molar-refractivity contribution >= 4 is 45.0 Å². The molecule has 4 aromatic rings. The molecule has 41 heavy (non-hydrogen) atoms. The number of thiazole rings is 1. The maximum absolute atomic E-state index is 15.5. The maximum atomic E-state index is 15.5. The zero-order valence-electron chi connectivity index (χ0n) is 23.0. The molecule has 1 N–H and O–H groups in total. The average Bonchev–Trinajstić information content (AvgIpc) is 3.59. The van der Waals surface area contributed by atoms with E-state index < -0.39 is 11.9 Å². The molecule has 2 fully saturated rings. The number of likely N-dealkylation sites (tertiary alicyclic amines) is 1. The van der Waals surface area contributed by atoms with Crippen molar-refractivity contribution in [3.05, 3.63) is 47.3 Å². The van der Waals surface area contributed by atoms with Crippen molar-refractivity contribution in [2.45, 2.75) is 26.5 Å². The number of aliphatic hydroxyl groups is 1. The Hall–Kier alpha value is -3.68.